The van der Waals surface area contributed by atoms with Gasteiger partial charge in [-0.2, -0.15) is 0 Å². The molecule has 3 N–H and O–H groups in total. The van der Waals surface area contributed by atoms with Crippen molar-refractivity contribution in [3.8, 4) is 11.5 Å². The van der Waals surface area contributed by atoms with Crippen molar-refractivity contribution in [3.63, 3.8) is 0 Å². The van der Waals surface area contributed by atoms with Gasteiger partial charge < -0.3 is 20.5 Å². The van der Waals surface area contributed by atoms with Crippen LogP contribution in [0.1, 0.15) is 25.7 Å². The van der Waals surface area contributed by atoms with Gasteiger partial charge in [0, 0.05) is 29.4 Å². The van der Waals surface area contributed by atoms with Gasteiger partial charge in [-0.1, -0.05) is 11.6 Å². The molecule has 6 nitrogen and oxygen atoms in total. The lowest BCUT2D eigenvalue weighted by Gasteiger charge is -2.27. The molecule has 0 amide bonds. The highest BCUT2D eigenvalue weighted by Gasteiger charge is 2.21. The van der Waals surface area contributed by atoms with E-state index in [4.69, 9.17) is 26.8 Å². The molecule has 1 heterocycles. The second kappa shape index (κ2) is 8.80. The van der Waals surface area contributed by atoms with E-state index in [1.54, 1.807) is 12.3 Å². The first-order valence-corrected chi connectivity index (χ1v) is 9.94. The van der Waals surface area contributed by atoms with E-state index in [-0.39, 0.29) is 23.9 Å². The van der Waals surface area contributed by atoms with E-state index in [0.717, 1.165) is 36.6 Å². The van der Waals surface area contributed by atoms with Crippen molar-refractivity contribution in [1.82, 2.24) is 9.97 Å². The van der Waals surface area contributed by atoms with Crippen molar-refractivity contribution in [2.75, 3.05) is 12.0 Å². The Balaban J connectivity index is 1.50. The van der Waals surface area contributed by atoms with Gasteiger partial charge in [-0.15, -0.1) is 0 Å². The topological polar surface area (TPSA) is 82.3 Å². The standard InChI is InChI=1S/C21H22ClFN4O2/c22-17-8-15(3-6-18(17)23)27-12-28-20-9-19-13(10-25-11-26-19)7-21(20)29-16-4-1-14(24)2-5-16/h3,6-11,14,16,27H,1-2,4-5,12,24H2/t14-,16-. The summed E-state index contributed by atoms with van der Waals surface area (Å²) >= 11 is 5.82. The first kappa shape index (κ1) is 19.7. The van der Waals surface area contributed by atoms with Crippen LogP contribution in [0, 0.1) is 5.82 Å². The van der Waals surface area contributed by atoms with Crippen LogP contribution in [0.15, 0.2) is 42.9 Å². The molecule has 3 aromatic rings. The van der Waals surface area contributed by atoms with Crippen molar-refractivity contribution in [2.24, 2.45) is 5.73 Å². The molecular weight excluding hydrogens is 395 g/mol. The number of halogens is 2. The Morgan fingerprint density at radius 1 is 1.14 bits per heavy atom. The summed E-state index contributed by atoms with van der Waals surface area (Å²) < 4.78 is 25.5. The van der Waals surface area contributed by atoms with E-state index in [1.165, 1.54) is 18.5 Å². The van der Waals surface area contributed by atoms with Gasteiger partial charge in [0.05, 0.1) is 16.6 Å². The lowest BCUT2D eigenvalue weighted by molar-refractivity contribution is 0.141. The lowest BCUT2D eigenvalue weighted by Crippen LogP contribution is -2.31. The number of benzene rings is 2. The number of nitrogens with zero attached hydrogens (tertiary/aromatic N) is 2. The molecule has 0 spiro atoms. The number of aromatic nitrogens is 2. The summed E-state index contributed by atoms with van der Waals surface area (Å²) in [7, 11) is 0. The first-order valence-electron chi connectivity index (χ1n) is 9.56. The Morgan fingerprint density at radius 3 is 2.76 bits per heavy atom. The number of ether oxygens (including phenoxy) is 2. The van der Waals surface area contributed by atoms with Gasteiger partial charge in [-0.05, 0) is 49.9 Å². The zero-order valence-corrected chi connectivity index (χ0v) is 16.5. The molecular formula is C21H22ClFN4O2. The van der Waals surface area contributed by atoms with E-state index in [0.29, 0.717) is 17.2 Å². The molecule has 1 saturated carbocycles. The van der Waals surface area contributed by atoms with E-state index in [2.05, 4.69) is 15.3 Å². The number of anilines is 1. The van der Waals surface area contributed by atoms with Gasteiger partial charge in [-0.25, -0.2) is 14.4 Å². The van der Waals surface area contributed by atoms with Crippen LogP contribution in [0.25, 0.3) is 10.9 Å². The van der Waals surface area contributed by atoms with Gasteiger partial charge in [0.1, 0.15) is 12.1 Å². The van der Waals surface area contributed by atoms with Gasteiger partial charge >= 0.3 is 0 Å². The fourth-order valence-corrected chi connectivity index (χ4v) is 3.56. The molecule has 0 radical (unpaired) electrons. The number of nitrogens with one attached hydrogen (secondary N) is 1. The van der Waals surface area contributed by atoms with Crippen molar-refractivity contribution < 1.29 is 13.9 Å². The lowest BCUT2D eigenvalue weighted by atomic mass is 9.94. The molecule has 1 aromatic heterocycles. The van der Waals surface area contributed by atoms with Gasteiger partial charge in [0.15, 0.2) is 18.2 Å². The summed E-state index contributed by atoms with van der Waals surface area (Å²) in [5.41, 5.74) is 7.42. The van der Waals surface area contributed by atoms with Crippen LogP contribution in [-0.4, -0.2) is 28.8 Å². The summed E-state index contributed by atoms with van der Waals surface area (Å²) in [6.07, 6.45) is 7.06. The predicted octanol–water partition coefficient (Wildman–Crippen LogP) is 4.52. The molecule has 1 aliphatic rings. The molecule has 152 valence electrons. The van der Waals surface area contributed by atoms with Crippen molar-refractivity contribution in [1.29, 1.82) is 0 Å². The number of hydrogen-bond acceptors (Lipinski definition) is 6. The van der Waals surface area contributed by atoms with Crippen LogP contribution in [0.2, 0.25) is 5.02 Å². The third kappa shape index (κ3) is 4.86. The highest BCUT2D eigenvalue weighted by Crippen LogP contribution is 2.34. The summed E-state index contributed by atoms with van der Waals surface area (Å²) in [6.45, 7) is 0.157. The molecule has 1 aliphatic carbocycles. The first-order chi connectivity index (χ1) is 14.1. The predicted molar refractivity (Wildman–Crippen MR) is 111 cm³/mol. The quantitative estimate of drug-likeness (QED) is 0.575. The van der Waals surface area contributed by atoms with E-state index >= 15 is 0 Å². The summed E-state index contributed by atoms with van der Waals surface area (Å²) in [6, 6.07) is 8.40. The van der Waals surface area contributed by atoms with Crippen LogP contribution in [0.5, 0.6) is 11.5 Å². The smallest absolute Gasteiger partial charge is 0.166 e. The second-order valence-corrected chi connectivity index (χ2v) is 7.54. The Labute approximate surface area is 173 Å². The maximum Gasteiger partial charge on any atom is 0.166 e. The normalized spacial score (nSPS) is 19.1. The number of hydrogen-bond donors (Lipinski definition) is 2. The van der Waals surface area contributed by atoms with Crippen LogP contribution >= 0.6 is 11.6 Å². The van der Waals surface area contributed by atoms with Crippen LogP contribution < -0.4 is 20.5 Å². The average molecular weight is 417 g/mol. The van der Waals surface area contributed by atoms with Crippen LogP contribution in [-0.2, 0) is 0 Å². The molecule has 0 atom stereocenters. The maximum absolute atomic E-state index is 13.3. The SMILES string of the molecule is N[C@H]1CC[C@H](Oc2cc3cncnc3cc2OCNc2ccc(F)c(Cl)c2)CC1. The highest BCUT2D eigenvalue weighted by molar-refractivity contribution is 6.31. The Morgan fingerprint density at radius 2 is 1.97 bits per heavy atom. The fourth-order valence-electron chi connectivity index (χ4n) is 3.38. The van der Waals surface area contributed by atoms with Gasteiger partial charge in [0.25, 0.3) is 0 Å². The number of nitrogens with two attached hydrogens (primary N) is 1. The second-order valence-electron chi connectivity index (χ2n) is 7.13. The highest BCUT2D eigenvalue weighted by atomic mass is 35.5. The molecule has 8 heteroatoms. The Hall–Kier alpha value is -2.64. The summed E-state index contributed by atoms with van der Waals surface area (Å²) in [5.74, 6) is 0.758. The minimum absolute atomic E-state index is 0.0527. The molecule has 2 aromatic carbocycles. The fraction of sp³-hybridized carbons (Fsp3) is 0.333. The van der Waals surface area contributed by atoms with Crippen molar-refractivity contribution in [2.45, 2.75) is 37.8 Å². The van der Waals surface area contributed by atoms with Crippen molar-refractivity contribution >= 4 is 28.2 Å². The average Bonchev–Trinajstić information content (AvgIpc) is 2.72. The van der Waals surface area contributed by atoms with Gasteiger partial charge in [-0.3, -0.25) is 0 Å². The monoisotopic (exact) mass is 416 g/mol. The zero-order valence-electron chi connectivity index (χ0n) is 15.8. The third-order valence-corrected chi connectivity index (χ3v) is 5.30. The summed E-state index contributed by atoms with van der Waals surface area (Å²) in [5, 5.41) is 4.00. The summed E-state index contributed by atoms with van der Waals surface area (Å²) in [4.78, 5) is 8.36. The van der Waals surface area contributed by atoms with Crippen LogP contribution in [0.4, 0.5) is 10.1 Å². The minimum Gasteiger partial charge on any atom is -0.487 e. The van der Waals surface area contributed by atoms with Crippen LogP contribution in [0.3, 0.4) is 0 Å². The molecule has 4 rings (SSSR count). The van der Waals surface area contributed by atoms with Gasteiger partial charge in [0.2, 0.25) is 0 Å². The minimum atomic E-state index is -0.463. The molecule has 0 unspecified atom stereocenters. The van der Waals surface area contributed by atoms with E-state index in [9.17, 15) is 4.39 Å². The van der Waals surface area contributed by atoms with E-state index in [1.807, 2.05) is 12.1 Å². The zero-order chi connectivity index (χ0) is 20.2. The Bertz CT molecular complexity index is 996. The number of rotatable bonds is 6. The third-order valence-electron chi connectivity index (χ3n) is 5.01. The molecule has 0 saturated heterocycles. The number of fused-ring (bicyclic) bond motifs is 1. The molecule has 29 heavy (non-hydrogen) atoms. The molecule has 0 aliphatic heterocycles. The maximum atomic E-state index is 13.3. The largest absolute Gasteiger partial charge is 0.487 e. The molecule has 1 fully saturated rings. The molecule has 0 bridgehead atoms. The van der Waals surface area contributed by atoms with Crippen molar-refractivity contribution in [3.05, 3.63) is 53.7 Å². The Kier molecular flexibility index (Phi) is 5.97. The van der Waals surface area contributed by atoms with E-state index < -0.39 is 5.82 Å².